The van der Waals surface area contributed by atoms with Gasteiger partial charge in [-0.05, 0) is 55.2 Å². The third-order valence-corrected chi connectivity index (χ3v) is 6.70. The van der Waals surface area contributed by atoms with E-state index in [1.54, 1.807) is 4.90 Å². The fourth-order valence-corrected chi connectivity index (χ4v) is 4.63. The second kappa shape index (κ2) is 11.8. The van der Waals surface area contributed by atoms with Crippen LogP contribution in [0.2, 0.25) is 0 Å². The number of aryl methyl sites for hydroxylation is 1. The van der Waals surface area contributed by atoms with Crippen LogP contribution in [0.3, 0.4) is 0 Å². The Morgan fingerprint density at radius 1 is 1.09 bits per heavy atom. The van der Waals surface area contributed by atoms with Crippen molar-refractivity contribution in [2.45, 2.75) is 45.7 Å². The molecular weight excluding hydrogens is 445 g/mol. The van der Waals surface area contributed by atoms with E-state index in [1.165, 1.54) is 31.3 Å². The second-order valence-electron chi connectivity index (χ2n) is 7.90. The summed E-state index contributed by atoms with van der Waals surface area (Å²) in [6.45, 7) is 4.14. The van der Waals surface area contributed by atoms with Crippen molar-refractivity contribution in [2.75, 3.05) is 24.2 Å². The number of anilines is 1. The summed E-state index contributed by atoms with van der Waals surface area (Å²) >= 11 is 0. The Bertz CT molecular complexity index is 1060. The minimum atomic E-state index is -3.62. The van der Waals surface area contributed by atoms with E-state index < -0.39 is 21.9 Å². The Labute approximate surface area is 195 Å². The number of carbonyl (C=O) groups excluding carboxylic acids is 2. The molecule has 0 aliphatic carbocycles. The molecule has 1 N–H and O–H groups in total. The fourth-order valence-electron chi connectivity index (χ4n) is 3.67. The van der Waals surface area contributed by atoms with Crippen LogP contribution >= 0.6 is 0 Å². The number of nitrogens with zero attached hydrogens (tertiary/aromatic N) is 2. The number of rotatable bonds is 11. The largest absolute Gasteiger partial charge is 0.357 e. The van der Waals surface area contributed by atoms with Crippen LogP contribution in [0.4, 0.5) is 10.1 Å². The molecule has 0 heterocycles. The van der Waals surface area contributed by atoms with Crippen molar-refractivity contribution in [3.63, 3.8) is 0 Å². The smallest absolute Gasteiger partial charge is 0.242 e. The number of hydrogen-bond acceptors (Lipinski definition) is 4. The Morgan fingerprint density at radius 3 is 2.27 bits per heavy atom. The molecule has 0 aromatic heterocycles. The molecular formula is C24H32FN3O4S. The van der Waals surface area contributed by atoms with Crippen LogP contribution in [0.15, 0.2) is 48.5 Å². The van der Waals surface area contributed by atoms with E-state index in [-0.39, 0.29) is 37.7 Å². The molecule has 0 spiro atoms. The maximum atomic E-state index is 13.3. The molecule has 2 aromatic carbocycles. The molecule has 2 amide bonds. The molecule has 0 aliphatic rings. The van der Waals surface area contributed by atoms with Gasteiger partial charge in [-0.15, -0.1) is 0 Å². The molecule has 0 saturated carbocycles. The van der Waals surface area contributed by atoms with Crippen molar-refractivity contribution in [1.82, 2.24) is 10.2 Å². The van der Waals surface area contributed by atoms with Crippen LogP contribution in [0.5, 0.6) is 0 Å². The molecule has 0 unspecified atom stereocenters. The van der Waals surface area contributed by atoms with Crippen molar-refractivity contribution in [2.24, 2.45) is 0 Å². The van der Waals surface area contributed by atoms with E-state index in [9.17, 15) is 22.4 Å². The fraction of sp³-hybridized carbons (Fsp3) is 0.417. The van der Waals surface area contributed by atoms with Gasteiger partial charge in [-0.1, -0.05) is 31.2 Å². The molecule has 2 rings (SSSR count). The minimum absolute atomic E-state index is 0.0607. The first-order valence-corrected chi connectivity index (χ1v) is 12.7. The summed E-state index contributed by atoms with van der Waals surface area (Å²) in [6, 6.07) is 12.2. The standard InChI is InChI=1S/C24H32FN3O4S/c1-5-22(24(30)26-3)27(17-19-10-7-6-9-18(19)2)23(29)11-8-16-28(33(4,31)32)21-14-12-20(25)13-15-21/h6-7,9-10,12-15,22H,5,8,11,16-17H2,1-4H3,(H,26,30)/t22-/m0/s1. The van der Waals surface area contributed by atoms with Gasteiger partial charge in [-0.25, -0.2) is 12.8 Å². The average Bonchev–Trinajstić information content (AvgIpc) is 2.77. The highest BCUT2D eigenvalue weighted by Gasteiger charge is 2.28. The van der Waals surface area contributed by atoms with Crippen molar-refractivity contribution >= 4 is 27.5 Å². The van der Waals surface area contributed by atoms with E-state index in [2.05, 4.69) is 5.32 Å². The zero-order valence-corrected chi connectivity index (χ0v) is 20.4. The SMILES string of the molecule is CC[C@@H](C(=O)NC)N(Cc1ccccc1C)C(=O)CCCN(c1ccc(F)cc1)S(C)(=O)=O. The van der Waals surface area contributed by atoms with E-state index in [1.807, 2.05) is 38.1 Å². The topological polar surface area (TPSA) is 86.8 Å². The number of nitrogens with one attached hydrogen (secondary N) is 1. The number of hydrogen-bond donors (Lipinski definition) is 1. The molecule has 2 aromatic rings. The summed E-state index contributed by atoms with van der Waals surface area (Å²) in [7, 11) is -2.08. The highest BCUT2D eigenvalue weighted by atomic mass is 32.2. The van der Waals surface area contributed by atoms with Gasteiger partial charge in [0.2, 0.25) is 21.8 Å². The van der Waals surface area contributed by atoms with Gasteiger partial charge in [0.05, 0.1) is 11.9 Å². The maximum absolute atomic E-state index is 13.3. The average molecular weight is 478 g/mol. The number of benzene rings is 2. The predicted octanol–water partition coefficient (Wildman–Crippen LogP) is 3.23. The molecule has 0 aliphatic heterocycles. The molecule has 0 radical (unpaired) electrons. The highest BCUT2D eigenvalue weighted by Crippen LogP contribution is 2.20. The Balaban J connectivity index is 2.19. The van der Waals surface area contributed by atoms with Crippen LogP contribution in [0, 0.1) is 12.7 Å². The first-order chi connectivity index (χ1) is 15.6. The number of likely N-dealkylation sites (N-methyl/N-ethyl adjacent to an activating group) is 1. The number of halogens is 1. The van der Waals surface area contributed by atoms with Gasteiger partial charge >= 0.3 is 0 Å². The quantitative estimate of drug-likeness (QED) is 0.538. The number of amides is 2. The number of carbonyl (C=O) groups is 2. The summed E-state index contributed by atoms with van der Waals surface area (Å²) in [4.78, 5) is 27.2. The maximum Gasteiger partial charge on any atom is 0.242 e. The normalized spacial score (nSPS) is 12.2. The van der Waals surface area contributed by atoms with E-state index in [0.29, 0.717) is 12.1 Å². The Kier molecular flexibility index (Phi) is 9.40. The molecule has 0 bridgehead atoms. The van der Waals surface area contributed by atoms with E-state index in [4.69, 9.17) is 0 Å². The van der Waals surface area contributed by atoms with Gasteiger partial charge < -0.3 is 10.2 Å². The lowest BCUT2D eigenvalue weighted by molar-refractivity contribution is -0.141. The zero-order chi connectivity index (χ0) is 24.6. The van der Waals surface area contributed by atoms with Crippen molar-refractivity contribution < 1.29 is 22.4 Å². The second-order valence-corrected chi connectivity index (χ2v) is 9.81. The lowest BCUT2D eigenvalue weighted by Crippen LogP contribution is -2.48. The van der Waals surface area contributed by atoms with Crippen LogP contribution < -0.4 is 9.62 Å². The predicted molar refractivity (Wildman–Crippen MR) is 128 cm³/mol. The van der Waals surface area contributed by atoms with Gasteiger partial charge in [0.1, 0.15) is 11.9 Å². The molecule has 0 saturated heterocycles. The van der Waals surface area contributed by atoms with Gasteiger partial charge in [0.15, 0.2) is 0 Å². The first-order valence-electron chi connectivity index (χ1n) is 10.9. The van der Waals surface area contributed by atoms with Crippen LogP contribution in [-0.4, -0.2) is 51.0 Å². The third-order valence-electron chi connectivity index (χ3n) is 5.50. The van der Waals surface area contributed by atoms with E-state index >= 15 is 0 Å². The summed E-state index contributed by atoms with van der Waals surface area (Å²) in [5.41, 5.74) is 2.29. The molecule has 1 atom stereocenters. The number of sulfonamides is 1. The molecule has 33 heavy (non-hydrogen) atoms. The van der Waals surface area contributed by atoms with Crippen molar-refractivity contribution in [1.29, 1.82) is 0 Å². The van der Waals surface area contributed by atoms with Gasteiger partial charge in [-0.3, -0.25) is 13.9 Å². The van der Waals surface area contributed by atoms with Crippen molar-refractivity contribution in [3.8, 4) is 0 Å². The van der Waals surface area contributed by atoms with Crippen LogP contribution in [0.1, 0.15) is 37.3 Å². The summed E-state index contributed by atoms with van der Waals surface area (Å²) < 4.78 is 39.0. The Morgan fingerprint density at radius 2 is 1.73 bits per heavy atom. The van der Waals surface area contributed by atoms with Gasteiger partial charge in [0, 0.05) is 26.6 Å². The van der Waals surface area contributed by atoms with Crippen molar-refractivity contribution in [3.05, 3.63) is 65.5 Å². The first kappa shape index (κ1) is 26.3. The lowest BCUT2D eigenvalue weighted by atomic mass is 10.1. The monoisotopic (exact) mass is 477 g/mol. The zero-order valence-electron chi connectivity index (χ0n) is 19.5. The summed E-state index contributed by atoms with van der Waals surface area (Å²) in [5.74, 6) is -0.946. The lowest BCUT2D eigenvalue weighted by Gasteiger charge is -2.31. The van der Waals surface area contributed by atoms with E-state index in [0.717, 1.165) is 21.7 Å². The summed E-state index contributed by atoms with van der Waals surface area (Å²) in [5, 5.41) is 2.62. The van der Waals surface area contributed by atoms with Crippen LogP contribution in [0.25, 0.3) is 0 Å². The minimum Gasteiger partial charge on any atom is -0.357 e. The van der Waals surface area contributed by atoms with Gasteiger partial charge in [-0.2, -0.15) is 0 Å². The Hall–Kier alpha value is -2.94. The van der Waals surface area contributed by atoms with Gasteiger partial charge in [0.25, 0.3) is 0 Å². The highest BCUT2D eigenvalue weighted by molar-refractivity contribution is 7.92. The summed E-state index contributed by atoms with van der Waals surface area (Å²) in [6.07, 6.45) is 1.83. The molecule has 180 valence electrons. The third kappa shape index (κ3) is 7.28. The molecule has 9 heteroatoms. The van der Waals surface area contributed by atoms with Crippen LogP contribution in [-0.2, 0) is 26.2 Å². The molecule has 0 fully saturated rings. The molecule has 7 nitrogen and oxygen atoms in total.